The summed E-state index contributed by atoms with van der Waals surface area (Å²) in [5.41, 5.74) is 8.45. The van der Waals surface area contributed by atoms with E-state index in [4.69, 9.17) is 43.4 Å². The second-order valence-corrected chi connectivity index (χ2v) is 18.1. The van der Waals surface area contributed by atoms with Crippen LogP contribution in [0.2, 0.25) is 0 Å². The van der Waals surface area contributed by atoms with Crippen molar-refractivity contribution in [1.29, 1.82) is 0 Å². The van der Waals surface area contributed by atoms with Crippen molar-refractivity contribution in [1.82, 2.24) is 10.6 Å². The van der Waals surface area contributed by atoms with Gasteiger partial charge in [-0.2, -0.15) is 16.8 Å². The van der Waals surface area contributed by atoms with Crippen LogP contribution in [-0.4, -0.2) is 245 Å². The molecule has 4 aliphatic rings. The van der Waals surface area contributed by atoms with Crippen LogP contribution in [0.1, 0.15) is 39.5 Å². The second-order valence-electron chi connectivity index (χ2n) is 16.0. The number of amides is 2. The first kappa shape index (κ1) is 58.9. The molecule has 0 bridgehead atoms. The SMILES string of the molecule is CC(=O)N[C@H]1[C@H](O[C@H]2[C@H](O)[C@@H](O)[C@H](O[C@H]3[C@@H](O)[C@@H](COS(=O)(=O)O)O[C@@H](OCCCCCCN=[N+]=[N-])[C@@H]3NC(C)=O)O[C@@H]2C(=O)O)O[C@H](COS(=O)(=O)O)[C@H](O)[C@@H]1O[C@@H]1O[C@H](C(=O)O)[C@@H](O)[C@H](O)[C@H]1O. The summed E-state index contributed by atoms with van der Waals surface area (Å²) in [5, 5.41) is 105. The van der Waals surface area contributed by atoms with Crippen LogP contribution in [0.15, 0.2) is 5.11 Å². The number of hydrogen-bond acceptors (Lipinski definition) is 26. The topological polar surface area (TPSA) is 524 Å². The molecule has 0 aromatic rings. The molecule has 0 aliphatic carbocycles. The molecule has 4 aliphatic heterocycles. The number of azide groups is 1. The lowest BCUT2D eigenvalue weighted by Gasteiger charge is -2.50. The van der Waals surface area contributed by atoms with Gasteiger partial charge < -0.3 is 94.5 Å². The van der Waals surface area contributed by atoms with Crippen molar-refractivity contribution in [2.24, 2.45) is 5.11 Å². The lowest BCUT2D eigenvalue weighted by atomic mass is 9.94. The van der Waals surface area contributed by atoms with Crippen LogP contribution in [0, 0.1) is 0 Å². The van der Waals surface area contributed by atoms with Crippen molar-refractivity contribution < 1.29 is 137 Å². The summed E-state index contributed by atoms with van der Waals surface area (Å²) >= 11 is 0. The molecule has 2 amide bonds. The van der Waals surface area contributed by atoms with E-state index in [-0.39, 0.29) is 13.2 Å². The Morgan fingerprint density at radius 3 is 1.49 bits per heavy atom. The van der Waals surface area contributed by atoms with E-state index in [0.717, 1.165) is 13.8 Å². The van der Waals surface area contributed by atoms with E-state index in [0.29, 0.717) is 25.7 Å². The average molecular weight is 1060 g/mol. The largest absolute Gasteiger partial charge is 0.479 e. The van der Waals surface area contributed by atoms with E-state index in [1.54, 1.807) is 0 Å². The molecule has 4 saturated heterocycles. The van der Waals surface area contributed by atoms with Gasteiger partial charge in [0.05, 0.1) is 13.2 Å². The summed E-state index contributed by atoms with van der Waals surface area (Å²) in [6.07, 6.45) is -38.2. The molecule has 0 spiro atoms. The first-order valence-corrected chi connectivity index (χ1v) is 23.6. The molecule has 0 saturated carbocycles. The highest BCUT2D eigenvalue weighted by Gasteiger charge is 2.58. The van der Waals surface area contributed by atoms with Crippen LogP contribution >= 0.6 is 0 Å². The highest BCUT2D eigenvalue weighted by molar-refractivity contribution is 7.81. The number of rotatable bonds is 24. The van der Waals surface area contributed by atoms with Gasteiger partial charge in [0.15, 0.2) is 37.4 Å². The Morgan fingerprint density at radius 2 is 1.01 bits per heavy atom. The second kappa shape index (κ2) is 25.8. The van der Waals surface area contributed by atoms with Crippen molar-refractivity contribution in [3.63, 3.8) is 0 Å². The summed E-state index contributed by atoms with van der Waals surface area (Å²) in [6, 6.07) is -3.65. The molecule has 13 N–H and O–H groups in total. The Kier molecular flexibility index (Phi) is 21.7. The van der Waals surface area contributed by atoms with Crippen LogP contribution in [0.4, 0.5) is 0 Å². The Morgan fingerprint density at radius 1 is 0.571 bits per heavy atom. The lowest BCUT2D eigenvalue weighted by molar-refractivity contribution is -0.369. The summed E-state index contributed by atoms with van der Waals surface area (Å²) in [5.74, 6) is -5.72. The van der Waals surface area contributed by atoms with Gasteiger partial charge in [-0.25, -0.2) is 18.0 Å². The number of carbonyl (C=O) groups is 4. The molecule has 402 valence electrons. The number of carbonyl (C=O) groups excluding carboxylic acids is 2. The number of carboxylic acid groups (broad SMARTS) is 2. The van der Waals surface area contributed by atoms with Crippen LogP contribution in [0.25, 0.3) is 10.4 Å². The Hall–Kier alpha value is -3.67. The number of aliphatic carboxylic acids is 2. The number of ether oxygens (including phenoxy) is 8. The Bertz CT molecular complexity index is 2050. The van der Waals surface area contributed by atoms with Gasteiger partial charge in [-0.05, 0) is 18.4 Å². The van der Waals surface area contributed by atoms with Gasteiger partial charge in [0, 0.05) is 31.9 Å². The fraction of sp³-hybridized carbons (Fsp3) is 0.882. The van der Waals surface area contributed by atoms with Crippen LogP contribution in [0.3, 0.4) is 0 Å². The standard InChI is InChI=1S/C34H55N5O29S2/c1-11(40)37-15-24(17(42)13(9-60-69(53,54)55)62-31(15)59-8-6-4-3-5-7-36-39-35)64-34-23(48)21(46)26(28(68-34)30(51)52)66-32-16(38-12(2)41)25(18(43)14(63-32)10-61-70(56,57)58)65-33-22(47)19(44)20(45)27(67-33)29(49)50/h13-28,31-34,42-48H,3-10H2,1-2H3,(H,37,40)(H,38,41)(H,49,50)(H,51,52)(H,53,54,55)(H,56,57,58)/t13-,14-,15-,16-,17+,18+,19+,20+,21-,22-,23-,24-,25-,26+,27+,28+,31-,32+,33-,34-/m1/s1. The fourth-order valence-corrected chi connectivity index (χ4v) is 8.20. The van der Waals surface area contributed by atoms with Gasteiger partial charge in [-0.15, -0.1) is 0 Å². The van der Waals surface area contributed by atoms with E-state index in [9.17, 15) is 91.1 Å². The highest BCUT2D eigenvalue weighted by Crippen LogP contribution is 2.35. The zero-order valence-electron chi connectivity index (χ0n) is 36.6. The van der Waals surface area contributed by atoms with E-state index in [1.807, 2.05) is 0 Å². The van der Waals surface area contributed by atoms with E-state index in [2.05, 4.69) is 29.0 Å². The summed E-state index contributed by atoms with van der Waals surface area (Å²) in [6.45, 7) is -0.495. The Labute approximate surface area is 396 Å². The van der Waals surface area contributed by atoms with Gasteiger partial charge in [-0.3, -0.25) is 18.7 Å². The lowest BCUT2D eigenvalue weighted by Crippen LogP contribution is -2.71. The maximum atomic E-state index is 12.8. The van der Waals surface area contributed by atoms with Gasteiger partial charge >= 0.3 is 32.7 Å². The van der Waals surface area contributed by atoms with Crippen molar-refractivity contribution in [3.05, 3.63) is 10.4 Å². The molecule has 4 rings (SSSR count). The zero-order chi connectivity index (χ0) is 52.4. The smallest absolute Gasteiger partial charge is 0.397 e. The molecule has 0 aromatic heterocycles. The van der Waals surface area contributed by atoms with Gasteiger partial charge in [0.1, 0.15) is 85.3 Å². The molecule has 36 heteroatoms. The minimum atomic E-state index is -5.34. The van der Waals surface area contributed by atoms with Crippen molar-refractivity contribution >= 4 is 44.6 Å². The number of nitrogens with zero attached hydrogens (tertiary/aromatic N) is 3. The number of hydrogen-bond donors (Lipinski definition) is 13. The molecule has 0 unspecified atom stereocenters. The summed E-state index contributed by atoms with van der Waals surface area (Å²) in [4.78, 5) is 52.3. The van der Waals surface area contributed by atoms with Crippen molar-refractivity contribution in [2.75, 3.05) is 26.4 Å². The fourth-order valence-electron chi connectivity index (χ4n) is 7.59. The zero-order valence-corrected chi connectivity index (χ0v) is 38.3. The van der Waals surface area contributed by atoms with E-state index in [1.165, 1.54) is 0 Å². The summed E-state index contributed by atoms with van der Waals surface area (Å²) < 4.78 is 118. The molecule has 20 atom stereocenters. The number of carboxylic acids is 2. The predicted octanol–water partition coefficient (Wildman–Crippen LogP) is -6.73. The average Bonchev–Trinajstić information content (AvgIpc) is 3.25. The predicted molar refractivity (Wildman–Crippen MR) is 215 cm³/mol. The number of aliphatic hydroxyl groups excluding tert-OH is 7. The third kappa shape index (κ3) is 16.2. The van der Waals surface area contributed by atoms with Crippen LogP contribution in [0.5, 0.6) is 0 Å². The van der Waals surface area contributed by atoms with E-state index < -0.39 is 180 Å². The van der Waals surface area contributed by atoms with Gasteiger partial charge in [-0.1, -0.05) is 18.0 Å². The molecule has 70 heavy (non-hydrogen) atoms. The number of nitrogens with one attached hydrogen (secondary N) is 2. The number of aliphatic hydroxyl groups is 7. The minimum Gasteiger partial charge on any atom is -0.479 e. The minimum absolute atomic E-state index is 0.130. The molecular weight excluding hydrogens is 1010 g/mol. The van der Waals surface area contributed by atoms with Crippen LogP contribution < -0.4 is 10.6 Å². The molecule has 34 nitrogen and oxygen atoms in total. The monoisotopic (exact) mass is 1060 g/mol. The first-order valence-electron chi connectivity index (χ1n) is 20.9. The molecule has 0 radical (unpaired) electrons. The molecule has 0 aromatic carbocycles. The maximum absolute atomic E-state index is 12.8. The molecule has 4 heterocycles. The normalized spacial score (nSPS) is 38.2. The molecular formula is C34H55N5O29S2. The van der Waals surface area contributed by atoms with Crippen molar-refractivity contribution in [3.8, 4) is 0 Å². The van der Waals surface area contributed by atoms with Gasteiger partial charge in [0.25, 0.3) is 0 Å². The third-order valence-corrected chi connectivity index (χ3v) is 11.7. The first-order chi connectivity index (χ1) is 32.6. The van der Waals surface area contributed by atoms with Gasteiger partial charge in [0.2, 0.25) is 11.8 Å². The Balaban J connectivity index is 1.67. The summed E-state index contributed by atoms with van der Waals surface area (Å²) in [7, 11) is -10.5. The molecule has 4 fully saturated rings. The van der Waals surface area contributed by atoms with E-state index >= 15 is 0 Å². The third-order valence-electron chi connectivity index (χ3n) is 10.8. The quantitative estimate of drug-likeness (QED) is 0.0140. The maximum Gasteiger partial charge on any atom is 0.397 e. The van der Waals surface area contributed by atoms with Crippen LogP contribution in [-0.2, 0) is 86.2 Å². The highest BCUT2D eigenvalue weighted by atomic mass is 32.3. The van der Waals surface area contributed by atoms with Crippen molar-refractivity contribution in [2.45, 2.75) is 162 Å². The number of unbranched alkanes of at least 4 members (excludes halogenated alkanes) is 3.